The van der Waals surface area contributed by atoms with Crippen molar-refractivity contribution in [1.82, 2.24) is 20.6 Å². The number of nitrogens with zero attached hydrogens (tertiary/aromatic N) is 4. The summed E-state index contributed by atoms with van der Waals surface area (Å²) in [4.78, 5) is 0. The van der Waals surface area contributed by atoms with Gasteiger partial charge in [0.2, 0.25) is 5.82 Å². The highest BCUT2D eigenvalue weighted by Gasteiger charge is 2.05. The third kappa shape index (κ3) is 4.56. The summed E-state index contributed by atoms with van der Waals surface area (Å²) < 4.78 is 5.72. The van der Waals surface area contributed by atoms with Gasteiger partial charge < -0.3 is 10.1 Å². The monoisotopic (exact) mass is 352 g/mol. The largest absolute Gasteiger partial charge is 0.489 e. The van der Waals surface area contributed by atoms with Crippen molar-refractivity contribution >= 4 is 22.9 Å². The molecule has 1 heterocycles. The molecule has 25 heavy (non-hydrogen) atoms. The third-order valence-corrected chi connectivity index (χ3v) is 3.49. The number of aromatic nitrogens is 4. The number of ether oxygens (including phenoxy) is 1. The van der Waals surface area contributed by atoms with E-state index in [0.29, 0.717) is 11.6 Å². The molecule has 0 fully saturated rings. The zero-order chi connectivity index (χ0) is 17.5. The molecular formula is C17H13ClN6O. The summed E-state index contributed by atoms with van der Waals surface area (Å²) in [6.07, 6.45) is 1.53. The molecule has 3 rings (SSSR count). The standard InChI is InChI=1S/C17H13ClN6O/c18-14-4-6-16(7-5-14)25-11-12-2-1-3-15(8-12)20-10-13(9-19)17-21-23-24-22-17/h1-8,10,20H,11H2,(H,21,22,23,24). The maximum absolute atomic E-state index is 9.15. The lowest BCUT2D eigenvalue weighted by molar-refractivity contribution is 0.306. The van der Waals surface area contributed by atoms with Gasteiger partial charge in [-0.2, -0.15) is 10.5 Å². The molecule has 0 amide bonds. The summed E-state index contributed by atoms with van der Waals surface area (Å²) in [6, 6.07) is 16.9. The van der Waals surface area contributed by atoms with E-state index in [1.54, 1.807) is 12.1 Å². The molecule has 2 aromatic carbocycles. The Balaban J connectivity index is 1.65. The van der Waals surface area contributed by atoms with E-state index in [1.807, 2.05) is 42.5 Å². The number of aromatic amines is 1. The lowest BCUT2D eigenvalue weighted by atomic mass is 10.2. The molecule has 0 spiro atoms. The molecule has 0 saturated heterocycles. The predicted molar refractivity (Wildman–Crippen MR) is 93.6 cm³/mol. The molecule has 0 aliphatic rings. The Morgan fingerprint density at radius 3 is 2.84 bits per heavy atom. The number of benzene rings is 2. The smallest absolute Gasteiger partial charge is 0.216 e. The summed E-state index contributed by atoms with van der Waals surface area (Å²) in [7, 11) is 0. The molecule has 1 aromatic heterocycles. The van der Waals surface area contributed by atoms with Crippen molar-refractivity contribution in [2.75, 3.05) is 5.32 Å². The van der Waals surface area contributed by atoms with Gasteiger partial charge >= 0.3 is 0 Å². The van der Waals surface area contributed by atoms with Crippen LogP contribution < -0.4 is 10.1 Å². The molecule has 2 N–H and O–H groups in total. The van der Waals surface area contributed by atoms with Gasteiger partial charge in [0.05, 0.1) is 0 Å². The first-order valence-corrected chi connectivity index (χ1v) is 7.70. The Labute approximate surface area is 148 Å². The molecule has 7 nitrogen and oxygen atoms in total. The van der Waals surface area contributed by atoms with Crippen LogP contribution in [0, 0.1) is 11.3 Å². The lowest BCUT2D eigenvalue weighted by Crippen LogP contribution is -1.97. The Morgan fingerprint density at radius 1 is 1.28 bits per heavy atom. The fourth-order valence-corrected chi connectivity index (χ4v) is 2.15. The van der Waals surface area contributed by atoms with E-state index in [2.05, 4.69) is 25.9 Å². The number of allylic oxidation sites excluding steroid dienone is 1. The Kier molecular flexibility index (Phi) is 5.24. The van der Waals surface area contributed by atoms with Gasteiger partial charge in [-0.05, 0) is 47.2 Å². The molecule has 0 atom stereocenters. The van der Waals surface area contributed by atoms with Crippen molar-refractivity contribution in [3.63, 3.8) is 0 Å². The number of nitrogens with one attached hydrogen (secondary N) is 2. The highest BCUT2D eigenvalue weighted by Crippen LogP contribution is 2.18. The average Bonchev–Trinajstić information content (AvgIpc) is 3.17. The highest BCUT2D eigenvalue weighted by atomic mass is 35.5. The van der Waals surface area contributed by atoms with Crippen LogP contribution in [0.2, 0.25) is 5.02 Å². The minimum absolute atomic E-state index is 0.234. The minimum Gasteiger partial charge on any atom is -0.489 e. The van der Waals surface area contributed by atoms with Crippen LogP contribution in [0.15, 0.2) is 54.7 Å². The second-order valence-electron chi connectivity index (χ2n) is 4.99. The number of rotatable bonds is 6. The molecule has 0 aliphatic carbocycles. The van der Waals surface area contributed by atoms with Gasteiger partial charge in [-0.1, -0.05) is 23.7 Å². The van der Waals surface area contributed by atoms with Crippen molar-refractivity contribution in [3.05, 3.63) is 71.1 Å². The quantitative estimate of drug-likeness (QED) is 0.659. The van der Waals surface area contributed by atoms with Crippen LogP contribution in [0.3, 0.4) is 0 Å². The summed E-state index contributed by atoms with van der Waals surface area (Å²) in [5.41, 5.74) is 2.07. The molecule has 8 heteroatoms. The normalized spacial score (nSPS) is 11.0. The molecular weight excluding hydrogens is 340 g/mol. The van der Waals surface area contributed by atoms with Crippen molar-refractivity contribution in [3.8, 4) is 11.8 Å². The molecule has 0 saturated carbocycles. The van der Waals surface area contributed by atoms with Crippen molar-refractivity contribution in [1.29, 1.82) is 5.26 Å². The number of halogens is 1. The Bertz CT molecular complexity index is 900. The number of H-pyrrole nitrogens is 1. The SMILES string of the molecule is N#CC(=CNc1cccc(COc2ccc(Cl)cc2)c1)c1nn[nH]n1. The second-order valence-corrected chi connectivity index (χ2v) is 5.43. The van der Waals surface area contributed by atoms with Gasteiger partial charge in [0.1, 0.15) is 24.0 Å². The van der Waals surface area contributed by atoms with Crippen LogP contribution in [0.25, 0.3) is 5.57 Å². The van der Waals surface area contributed by atoms with Gasteiger partial charge in [-0.15, -0.1) is 10.2 Å². The Hall–Kier alpha value is -3.37. The minimum atomic E-state index is 0.234. The van der Waals surface area contributed by atoms with Crippen molar-refractivity contribution < 1.29 is 4.74 Å². The van der Waals surface area contributed by atoms with Gasteiger partial charge in [0.25, 0.3) is 0 Å². The molecule has 0 aliphatic heterocycles. The predicted octanol–water partition coefficient (Wildman–Crippen LogP) is 3.41. The maximum atomic E-state index is 9.15. The second kappa shape index (κ2) is 7.95. The van der Waals surface area contributed by atoms with Crippen molar-refractivity contribution in [2.24, 2.45) is 0 Å². The van der Waals surface area contributed by atoms with Gasteiger partial charge in [-0.25, -0.2) is 0 Å². The van der Waals surface area contributed by atoms with Crippen LogP contribution in [-0.4, -0.2) is 20.6 Å². The first kappa shape index (κ1) is 16.5. The van der Waals surface area contributed by atoms with Crippen molar-refractivity contribution in [2.45, 2.75) is 6.61 Å². The van der Waals surface area contributed by atoms with Crippen LogP contribution in [0.5, 0.6) is 5.75 Å². The van der Waals surface area contributed by atoms with Crippen LogP contribution >= 0.6 is 11.6 Å². The van der Waals surface area contributed by atoms with Gasteiger partial charge in [0.15, 0.2) is 0 Å². The van der Waals surface area contributed by atoms with Crippen LogP contribution in [-0.2, 0) is 6.61 Å². The number of hydrogen-bond acceptors (Lipinski definition) is 6. The summed E-state index contributed by atoms with van der Waals surface area (Å²) in [5, 5.41) is 26.2. The third-order valence-electron chi connectivity index (χ3n) is 3.24. The molecule has 0 unspecified atom stereocenters. The zero-order valence-corrected chi connectivity index (χ0v) is 13.7. The van der Waals surface area contributed by atoms with E-state index in [-0.39, 0.29) is 11.4 Å². The van der Waals surface area contributed by atoms with E-state index >= 15 is 0 Å². The van der Waals surface area contributed by atoms with Crippen LogP contribution in [0.1, 0.15) is 11.4 Å². The summed E-state index contributed by atoms with van der Waals surface area (Å²) in [6.45, 7) is 0.414. The van der Waals surface area contributed by atoms with Gasteiger partial charge in [0, 0.05) is 16.9 Å². The fraction of sp³-hybridized carbons (Fsp3) is 0.0588. The van der Waals surface area contributed by atoms with Gasteiger partial charge in [-0.3, -0.25) is 0 Å². The summed E-state index contributed by atoms with van der Waals surface area (Å²) >= 11 is 5.85. The summed E-state index contributed by atoms with van der Waals surface area (Å²) in [5.74, 6) is 0.976. The lowest BCUT2D eigenvalue weighted by Gasteiger charge is -2.08. The number of tetrazole rings is 1. The maximum Gasteiger partial charge on any atom is 0.216 e. The number of hydrogen-bond donors (Lipinski definition) is 2. The zero-order valence-electron chi connectivity index (χ0n) is 13.0. The van der Waals surface area contributed by atoms with E-state index in [0.717, 1.165) is 17.0 Å². The fourth-order valence-electron chi connectivity index (χ4n) is 2.03. The van der Waals surface area contributed by atoms with E-state index in [4.69, 9.17) is 21.6 Å². The number of anilines is 1. The van der Waals surface area contributed by atoms with E-state index in [1.165, 1.54) is 6.20 Å². The number of nitriles is 1. The van der Waals surface area contributed by atoms with E-state index in [9.17, 15) is 0 Å². The topological polar surface area (TPSA) is 99.5 Å². The molecule has 0 radical (unpaired) electrons. The molecule has 0 bridgehead atoms. The van der Waals surface area contributed by atoms with E-state index < -0.39 is 0 Å². The first-order chi connectivity index (χ1) is 12.2. The van der Waals surface area contributed by atoms with Crippen LogP contribution in [0.4, 0.5) is 5.69 Å². The average molecular weight is 353 g/mol. The Morgan fingerprint density at radius 2 is 2.12 bits per heavy atom. The highest BCUT2D eigenvalue weighted by molar-refractivity contribution is 6.30. The molecule has 124 valence electrons. The molecule has 3 aromatic rings. The first-order valence-electron chi connectivity index (χ1n) is 7.32.